The third-order valence-electron chi connectivity index (χ3n) is 1.06. The Morgan fingerprint density at radius 1 is 1.70 bits per heavy atom. The predicted molar refractivity (Wildman–Crippen MR) is 31.1 cm³/mol. The molecular formula is C6H4F2NO. The Bertz CT molecular complexity index is 220. The third kappa shape index (κ3) is 1.05. The highest BCUT2D eigenvalue weighted by molar-refractivity contribution is 5.97. The second-order valence-electron chi connectivity index (χ2n) is 1.71. The van der Waals surface area contributed by atoms with Gasteiger partial charge in [0.1, 0.15) is 11.5 Å². The molecule has 0 bridgehead atoms. The van der Waals surface area contributed by atoms with Crippen molar-refractivity contribution in [3.63, 3.8) is 0 Å². The van der Waals surface area contributed by atoms with Gasteiger partial charge in [-0.3, -0.25) is 0 Å². The molecule has 0 spiro atoms. The summed E-state index contributed by atoms with van der Waals surface area (Å²) in [6, 6.07) is 0. The molecule has 1 radical (unpaired) electrons. The van der Waals surface area contributed by atoms with Crippen LogP contribution >= 0.6 is 0 Å². The molecule has 4 heteroatoms. The first-order valence-electron chi connectivity index (χ1n) is 2.57. The van der Waals surface area contributed by atoms with Crippen molar-refractivity contribution in [3.8, 4) is 0 Å². The number of allylic oxidation sites excluding steroid dienone is 4. The van der Waals surface area contributed by atoms with Gasteiger partial charge in [-0.05, 0) is 12.2 Å². The summed E-state index contributed by atoms with van der Waals surface area (Å²) in [6.45, 7) is 0. The summed E-state index contributed by atoms with van der Waals surface area (Å²) in [6.07, 6.45) is 2.35. The zero-order chi connectivity index (χ0) is 7.56. The molecule has 2 nitrogen and oxygen atoms in total. The van der Waals surface area contributed by atoms with Crippen LogP contribution in [-0.4, -0.2) is 17.1 Å². The zero-order valence-electron chi connectivity index (χ0n) is 4.88. The molecule has 0 aromatic rings. The van der Waals surface area contributed by atoms with E-state index in [-0.39, 0.29) is 0 Å². The van der Waals surface area contributed by atoms with Gasteiger partial charge in [-0.2, -0.15) is 0 Å². The molecule has 1 atom stereocenters. The first kappa shape index (κ1) is 6.92. The molecule has 0 saturated heterocycles. The van der Waals surface area contributed by atoms with Crippen LogP contribution in [0.15, 0.2) is 23.1 Å². The van der Waals surface area contributed by atoms with Gasteiger partial charge >= 0.3 is 0 Å². The quantitative estimate of drug-likeness (QED) is 0.404. The number of rotatable bonds is 0. The molecule has 0 heterocycles. The lowest BCUT2D eigenvalue weighted by Crippen LogP contribution is -2.16. The number of hydrogen-bond acceptors (Lipinski definition) is 2. The molecule has 0 aromatic heterocycles. The Balaban J connectivity index is 2.89. The summed E-state index contributed by atoms with van der Waals surface area (Å²) in [5.74, 6) is -0.966. The van der Waals surface area contributed by atoms with Gasteiger partial charge in [-0.15, -0.1) is 0 Å². The molecule has 0 fully saturated rings. The average Bonchev–Trinajstić information content (AvgIpc) is 1.95. The molecular weight excluding hydrogens is 140 g/mol. The maximum atomic E-state index is 12.4. The fourth-order valence-electron chi connectivity index (χ4n) is 0.574. The fraction of sp³-hybridized carbons (Fsp3) is 0.167. The minimum Gasteiger partial charge on any atom is -0.411 e. The monoisotopic (exact) mass is 144 g/mol. The molecule has 53 valence electrons. The molecule has 1 rings (SSSR count). The van der Waals surface area contributed by atoms with Crippen LogP contribution in [0.25, 0.3) is 0 Å². The number of halogens is 2. The lowest BCUT2D eigenvalue weighted by atomic mass is 10.1. The molecule has 0 aromatic carbocycles. The summed E-state index contributed by atoms with van der Waals surface area (Å²) >= 11 is 0. The highest BCUT2D eigenvalue weighted by atomic mass is 19.2. The number of hydrogen-bond donors (Lipinski definition) is 1. The summed E-state index contributed by atoms with van der Waals surface area (Å²) in [5.41, 5.74) is -0.431. The van der Waals surface area contributed by atoms with E-state index in [1.54, 1.807) is 0 Å². The van der Waals surface area contributed by atoms with Crippen molar-refractivity contribution >= 4 is 5.71 Å². The van der Waals surface area contributed by atoms with Crippen LogP contribution in [0.4, 0.5) is 8.78 Å². The van der Waals surface area contributed by atoms with Gasteiger partial charge in [0.15, 0.2) is 6.17 Å². The van der Waals surface area contributed by atoms with Crippen LogP contribution in [0, 0.1) is 6.08 Å². The minimum absolute atomic E-state index is 0.431. The summed E-state index contributed by atoms with van der Waals surface area (Å²) in [4.78, 5) is 0. The van der Waals surface area contributed by atoms with E-state index >= 15 is 0 Å². The highest BCUT2D eigenvalue weighted by Gasteiger charge is 2.21. The summed E-state index contributed by atoms with van der Waals surface area (Å²) in [7, 11) is 0. The van der Waals surface area contributed by atoms with E-state index in [1.807, 2.05) is 0 Å². The molecule has 1 aliphatic carbocycles. The van der Waals surface area contributed by atoms with Gasteiger partial charge in [-0.1, -0.05) is 5.16 Å². The second-order valence-corrected chi connectivity index (χ2v) is 1.71. The van der Waals surface area contributed by atoms with E-state index < -0.39 is 17.7 Å². The SMILES string of the molecule is ON=C1[C]=CC=C(F)C1F. The predicted octanol–water partition coefficient (Wildman–Crippen LogP) is 1.38. The fourth-order valence-corrected chi connectivity index (χ4v) is 0.574. The van der Waals surface area contributed by atoms with E-state index in [2.05, 4.69) is 11.2 Å². The lowest BCUT2D eigenvalue weighted by Gasteiger charge is -2.05. The van der Waals surface area contributed by atoms with Gasteiger partial charge in [0.25, 0.3) is 0 Å². The minimum atomic E-state index is -1.96. The normalized spacial score (nSPS) is 28.8. The standard InChI is InChI=1S/C6H4F2NO/c7-4-2-1-3-5(9-10)6(4)8/h1-2,6,10H. The first-order valence-corrected chi connectivity index (χ1v) is 2.57. The van der Waals surface area contributed by atoms with Crippen LogP contribution in [0.1, 0.15) is 0 Å². The summed E-state index contributed by atoms with van der Waals surface area (Å²) in [5, 5.41) is 10.5. The number of nitrogens with zero attached hydrogens (tertiary/aromatic N) is 1. The molecule has 1 aliphatic rings. The van der Waals surface area contributed by atoms with E-state index in [0.29, 0.717) is 0 Å². The maximum Gasteiger partial charge on any atom is 0.197 e. The molecule has 1 unspecified atom stereocenters. The van der Waals surface area contributed by atoms with Gasteiger partial charge in [0, 0.05) is 6.08 Å². The van der Waals surface area contributed by atoms with Crippen LogP contribution in [0.5, 0.6) is 0 Å². The molecule has 0 amide bonds. The van der Waals surface area contributed by atoms with E-state index in [9.17, 15) is 8.78 Å². The van der Waals surface area contributed by atoms with Crippen LogP contribution in [0.2, 0.25) is 0 Å². The number of oxime groups is 1. The van der Waals surface area contributed by atoms with Crippen molar-refractivity contribution in [2.24, 2.45) is 5.16 Å². The van der Waals surface area contributed by atoms with Crippen molar-refractivity contribution in [3.05, 3.63) is 24.1 Å². The third-order valence-corrected chi connectivity index (χ3v) is 1.06. The first-order chi connectivity index (χ1) is 4.75. The summed E-state index contributed by atoms with van der Waals surface area (Å²) < 4.78 is 24.7. The molecule has 0 saturated carbocycles. The van der Waals surface area contributed by atoms with E-state index in [1.165, 1.54) is 0 Å². The smallest absolute Gasteiger partial charge is 0.197 e. The Labute approximate surface area is 56.2 Å². The van der Waals surface area contributed by atoms with E-state index in [4.69, 9.17) is 5.21 Å². The Kier molecular flexibility index (Phi) is 1.80. The second kappa shape index (κ2) is 2.60. The Morgan fingerprint density at radius 2 is 2.40 bits per heavy atom. The number of alkyl halides is 1. The zero-order valence-corrected chi connectivity index (χ0v) is 4.88. The lowest BCUT2D eigenvalue weighted by molar-refractivity contribution is 0.307. The molecule has 0 aliphatic heterocycles. The highest BCUT2D eigenvalue weighted by Crippen LogP contribution is 2.14. The topological polar surface area (TPSA) is 32.6 Å². The van der Waals surface area contributed by atoms with Crippen LogP contribution < -0.4 is 0 Å². The Morgan fingerprint density at radius 3 is 2.90 bits per heavy atom. The van der Waals surface area contributed by atoms with Crippen molar-refractivity contribution < 1.29 is 14.0 Å². The Hall–Kier alpha value is -1.19. The van der Waals surface area contributed by atoms with Gasteiger partial charge in [-0.25, -0.2) is 8.78 Å². The van der Waals surface area contributed by atoms with Crippen molar-refractivity contribution in [1.82, 2.24) is 0 Å². The molecule has 10 heavy (non-hydrogen) atoms. The maximum absolute atomic E-state index is 12.4. The van der Waals surface area contributed by atoms with E-state index in [0.717, 1.165) is 12.2 Å². The van der Waals surface area contributed by atoms with Crippen LogP contribution in [0.3, 0.4) is 0 Å². The largest absolute Gasteiger partial charge is 0.411 e. The van der Waals surface area contributed by atoms with Gasteiger partial charge in [0.05, 0.1) is 0 Å². The van der Waals surface area contributed by atoms with Crippen LogP contribution in [-0.2, 0) is 0 Å². The van der Waals surface area contributed by atoms with Gasteiger partial charge < -0.3 is 5.21 Å². The van der Waals surface area contributed by atoms with Crippen molar-refractivity contribution in [2.45, 2.75) is 6.17 Å². The average molecular weight is 144 g/mol. The molecule has 1 N–H and O–H groups in total. The van der Waals surface area contributed by atoms with Crippen molar-refractivity contribution in [1.29, 1.82) is 0 Å². The van der Waals surface area contributed by atoms with Crippen molar-refractivity contribution in [2.75, 3.05) is 0 Å². The van der Waals surface area contributed by atoms with Gasteiger partial charge in [0.2, 0.25) is 0 Å².